The Morgan fingerprint density at radius 3 is 1.85 bits per heavy atom. The van der Waals surface area contributed by atoms with E-state index < -0.39 is 81.7 Å². The predicted octanol–water partition coefficient (Wildman–Crippen LogP) is -5.93. The highest BCUT2D eigenvalue weighted by Gasteiger charge is 2.54. The highest BCUT2D eigenvalue weighted by molar-refractivity contribution is 7.46. The second-order valence-corrected chi connectivity index (χ2v) is 7.60. The molecule has 11 N–H and O–H groups in total. The largest absolute Gasteiger partial charge is 0.470 e. The molecule has 0 aromatic rings. The average molecular weight is 421 g/mol. The van der Waals surface area contributed by atoms with Crippen LogP contribution in [0.2, 0.25) is 0 Å². The predicted molar refractivity (Wildman–Crippen MR) is 81.6 cm³/mol. The molecule has 0 radical (unpaired) electrons. The Bertz CT molecular complexity index is 545. The van der Waals surface area contributed by atoms with Crippen molar-refractivity contribution in [3.8, 4) is 0 Å². The van der Waals surface area contributed by atoms with Crippen LogP contribution in [0, 0.1) is 0 Å². The molecule has 0 unspecified atom stereocenters. The smallest absolute Gasteiger partial charge is 0.394 e. The van der Waals surface area contributed by atoms with Gasteiger partial charge in [-0.3, -0.25) is 4.52 Å². The zero-order chi connectivity index (χ0) is 20.7. The Morgan fingerprint density at radius 2 is 1.37 bits per heavy atom. The van der Waals surface area contributed by atoms with Crippen LogP contribution in [0.5, 0.6) is 0 Å². The minimum absolute atomic E-state index is 0.746. The summed E-state index contributed by atoms with van der Waals surface area (Å²) >= 11 is 0. The maximum absolute atomic E-state index is 11.2. The van der Waals surface area contributed by atoms with E-state index in [4.69, 9.17) is 25.0 Å². The van der Waals surface area contributed by atoms with Crippen LogP contribution in [0.15, 0.2) is 0 Å². The molecule has 0 aromatic carbocycles. The van der Waals surface area contributed by atoms with Crippen LogP contribution < -0.4 is 5.73 Å². The van der Waals surface area contributed by atoms with Crippen LogP contribution >= 0.6 is 7.82 Å². The highest BCUT2D eigenvalue weighted by Crippen LogP contribution is 2.42. The minimum atomic E-state index is -5.24. The van der Waals surface area contributed by atoms with E-state index in [2.05, 4.69) is 4.52 Å². The van der Waals surface area contributed by atoms with Gasteiger partial charge in [0.2, 0.25) is 0 Å². The van der Waals surface area contributed by atoms with Crippen molar-refractivity contribution < 1.29 is 64.1 Å². The fraction of sp³-hybridized carbons (Fsp3) is 1.00. The molecule has 0 amide bonds. The molecule has 0 spiro atoms. The molecule has 1 heterocycles. The Morgan fingerprint density at radius 1 is 0.852 bits per heavy atom. The van der Waals surface area contributed by atoms with Crippen LogP contribution in [0.1, 0.15) is 0 Å². The molecule has 160 valence electrons. The van der Waals surface area contributed by atoms with Gasteiger partial charge in [0.1, 0.15) is 54.9 Å². The number of ether oxygens (including phenoxy) is 2. The molecule has 15 heteroatoms. The van der Waals surface area contributed by atoms with Crippen molar-refractivity contribution in [1.82, 2.24) is 0 Å². The lowest BCUT2D eigenvalue weighted by molar-refractivity contribution is -0.315. The number of aliphatic hydroxyl groups excluding tert-OH is 7. The molecule has 14 nitrogen and oxygen atoms in total. The van der Waals surface area contributed by atoms with Crippen molar-refractivity contribution in [2.45, 2.75) is 67.3 Å². The second kappa shape index (κ2) is 8.61. The SMILES string of the molecule is N[C@H]1[C@@H](O[C@H]2[C@H](O)[C@H](O)[C@H](O)[C@@H](O)[C@@H]2OP(=O)(O)O)O[C@H](CO)[C@@H](O)[C@@H]1O. The summed E-state index contributed by atoms with van der Waals surface area (Å²) in [6.45, 7) is -0.746. The third-order valence-electron chi connectivity index (χ3n) is 4.53. The molecule has 1 aliphatic heterocycles. The molecule has 2 rings (SSSR count). The lowest BCUT2D eigenvalue weighted by Gasteiger charge is -2.47. The molecule has 2 fully saturated rings. The number of aliphatic hydroxyl groups is 7. The van der Waals surface area contributed by atoms with E-state index in [0.717, 1.165) is 0 Å². The van der Waals surface area contributed by atoms with Gasteiger partial charge in [-0.2, -0.15) is 0 Å². The monoisotopic (exact) mass is 421 g/mol. The Balaban J connectivity index is 2.27. The minimum Gasteiger partial charge on any atom is -0.394 e. The van der Waals surface area contributed by atoms with Gasteiger partial charge in [0.15, 0.2) is 6.29 Å². The second-order valence-electron chi connectivity index (χ2n) is 6.41. The van der Waals surface area contributed by atoms with E-state index >= 15 is 0 Å². The van der Waals surface area contributed by atoms with Gasteiger partial charge in [0.25, 0.3) is 0 Å². The summed E-state index contributed by atoms with van der Waals surface area (Å²) in [6, 6.07) is -1.44. The quantitative estimate of drug-likeness (QED) is 0.186. The molecule has 1 saturated carbocycles. The third-order valence-corrected chi connectivity index (χ3v) is 5.04. The average Bonchev–Trinajstić information content (AvgIpc) is 2.60. The van der Waals surface area contributed by atoms with Gasteiger partial charge in [0.05, 0.1) is 12.6 Å². The first kappa shape index (κ1) is 23.0. The lowest BCUT2D eigenvalue weighted by Crippen LogP contribution is -2.68. The Kier molecular flexibility index (Phi) is 7.33. The van der Waals surface area contributed by atoms with Crippen molar-refractivity contribution in [3.63, 3.8) is 0 Å². The zero-order valence-electron chi connectivity index (χ0n) is 13.7. The third kappa shape index (κ3) is 4.83. The van der Waals surface area contributed by atoms with Crippen LogP contribution in [0.25, 0.3) is 0 Å². The topological polar surface area (TPSA) is 253 Å². The maximum Gasteiger partial charge on any atom is 0.470 e. The van der Waals surface area contributed by atoms with E-state index in [0.29, 0.717) is 0 Å². The molecule has 1 saturated heterocycles. The number of hydrogen-bond acceptors (Lipinski definition) is 12. The van der Waals surface area contributed by atoms with Crippen LogP contribution in [0.4, 0.5) is 0 Å². The summed E-state index contributed by atoms with van der Waals surface area (Å²) in [5.41, 5.74) is 5.67. The van der Waals surface area contributed by atoms with E-state index in [1.165, 1.54) is 0 Å². The van der Waals surface area contributed by atoms with Crippen molar-refractivity contribution in [3.05, 3.63) is 0 Å². The molecule has 0 bridgehead atoms. The number of hydrogen-bond donors (Lipinski definition) is 10. The first-order chi connectivity index (χ1) is 12.4. The Hall–Kier alpha value is -0.290. The van der Waals surface area contributed by atoms with E-state index in [-0.39, 0.29) is 0 Å². The van der Waals surface area contributed by atoms with Crippen molar-refractivity contribution in [1.29, 1.82) is 0 Å². The summed E-state index contributed by atoms with van der Waals surface area (Å²) in [5, 5.41) is 68.4. The normalized spacial score (nSPS) is 49.2. The zero-order valence-corrected chi connectivity index (χ0v) is 14.6. The van der Waals surface area contributed by atoms with Gasteiger partial charge >= 0.3 is 7.82 Å². The number of nitrogens with two attached hydrogens (primary N) is 1. The van der Waals surface area contributed by atoms with Crippen molar-refractivity contribution >= 4 is 7.82 Å². The first-order valence-electron chi connectivity index (χ1n) is 7.88. The van der Waals surface area contributed by atoms with Gasteiger partial charge in [-0.25, -0.2) is 4.57 Å². The Labute approximate surface area is 152 Å². The number of phosphoric ester groups is 1. The fourth-order valence-electron chi connectivity index (χ4n) is 3.00. The molecule has 11 atom stereocenters. The van der Waals surface area contributed by atoms with Crippen molar-refractivity contribution in [2.75, 3.05) is 6.61 Å². The molecular formula is C12H24NO13P. The van der Waals surface area contributed by atoms with Gasteiger partial charge in [-0.1, -0.05) is 0 Å². The summed E-state index contributed by atoms with van der Waals surface area (Å²) in [6.07, 6.45) is -18.2. The molecule has 2 aliphatic rings. The van der Waals surface area contributed by atoms with Gasteiger partial charge in [-0.15, -0.1) is 0 Å². The van der Waals surface area contributed by atoms with E-state index in [1.54, 1.807) is 0 Å². The summed E-state index contributed by atoms with van der Waals surface area (Å²) in [4.78, 5) is 18.0. The van der Waals surface area contributed by atoms with Crippen molar-refractivity contribution in [2.24, 2.45) is 5.73 Å². The van der Waals surface area contributed by atoms with Crippen LogP contribution in [-0.4, -0.2) is 119 Å². The molecule has 1 aliphatic carbocycles. The highest BCUT2D eigenvalue weighted by atomic mass is 31.2. The summed E-state index contributed by atoms with van der Waals surface area (Å²) < 4.78 is 26.0. The van der Waals surface area contributed by atoms with Gasteiger partial charge < -0.3 is 60.7 Å². The fourth-order valence-corrected chi connectivity index (χ4v) is 3.56. The van der Waals surface area contributed by atoms with Crippen LogP contribution in [0.3, 0.4) is 0 Å². The number of rotatable bonds is 5. The van der Waals surface area contributed by atoms with E-state index in [1.807, 2.05) is 0 Å². The van der Waals surface area contributed by atoms with Crippen LogP contribution in [-0.2, 0) is 18.6 Å². The maximum atomic E-state index is 11.2. The number of phosphoric acid groups is 1. The first-order valence-corrected chi connectivity index (χ1v) is 9.41. The standard InChI is InChI=1S/C12H24NO13P/c13-3-5(16)4(15)2(1-14)24-12(3)25-10-8(19)6(17)7(18)9(20)11(10)26-27(21,22)23/h2-12,14-20H,1,13H2,(H2,21,22,23)/t2-,3-,4-,5-,6-,7+,8-,9-,10+,11+,12-/m1/s1. The summed E-state index contributed by atoms with van der Waals surface area (Å²) in [5.74, 6) is 0. The van der Waals surface area contributed by atoms with E-state index in [9.17, 15) is 40.3 Å². The lowest BCUT2D eigenvalue weighted by atomic mass is 9.84. The molecule has 27 heavy (non-hydrogen) atoms. The molecular weight excluding hydrogens is 397 g/mol. The molecule has 0 aromatic heterocycles. The summed E-state index contributed by atoms with van der Waals surface area (Å²) in [7, 11) is -5.24. The van der Waals surface area contributed by atoms with Gasteiger partial charge in [-0.05, 0) is 0 Å². The van der Waals surface area contributed by atoms with Gasteiger partial charge in [0, 0.05) is 0 Å².